The van der Waals surface area contributed by atoms with Crippen LogP contribution in [0.3, 0.4) is 0 Å². The van der Waals surface area contributed by atoms with E-state index in [2.05, 4.69) is 21.6 Å². The molecule has 1 heterocycles. The Bertz CT molecular complexity index is 714. The number of thioether (sulfide) groups is 1. The second-order valence-corrected chi connectivity index (χ2v) is 8.27. The lowest BCUT2D eigenvalue weighted by Gasteiger charge is -2.31. The van der Waals surface area contributed by atoms with Gasteiger partial charge in [0.05, 0.1) is 30.0 Å². The predicted octanol–water partition coefficient (Wildman–Crippen LogP) is 2.48. The second kappa shape index (κ2) is 9.77. The maximum Gasteiger partial charge on any atom is 0.238 e. The molecule has 0 bridgehead atoms. The van der Waals surface area contributed by atoms with Gasteiger partial charge in [0, 0.05) is 18.0 Å². The summed E-state index contributed by atoms with van der Waals surface area (Å²) in [7, 11) is 0. The zero-order valence-electron chi connectivity index (χ0n) is 15.4. The summed E-state index contributed by atoms with van der Waals surface area (Å²) in [5.74, 6) is 1.04. The molecule has 2 N–H and O–H groups in total. The van der Waals surface area contributed by atoms with E-state index in [1.165, 1.54) is 24.6 Å². The number of rotatable bonds is 8. The van der Waals surface area contributed by atoms with Crippen molar-refractivity contribution in [3.8, 4) is 6.07 Å². The molecule has 1 unspecified atom stereocenters. The van der Waals surface area contributed by atoms with Gasteiger partial charge >= 0.3 is 0 Å². The summed E-state index contributed by atoms with van der Waals surface area (Å²) in [5.41, 5.74) is 0.735. The van der Waals surface area contributed by atoms with Crippen molar-refractivity contribution in [1.29, 1.82) is 5.26 Å². The van der Waals surface area contributed by atoms with Crippen LogP contribution in [0.4, 0.5) is 5.69 Å². The first kappa shape index (κ1) is 19.7. The Labute approximate surface area is 164 Å². The maximum absolute atomic E-state index is 12.5. The molecule has 144 valence electrons. The van der Waals surface area contributed by atoms with Crippen LogP contribution in [0, 0.1) is 23.2 Å². The Kier molecular flexibility index (Phi) is 7.13. The first-order valence-corrected chi connectivity index (χ1v) is 10.5. The van der Waals surface area contributed by atoms with Gasteiger partial charge in [-0.25, -0.2) is 0 Å². The van der Waals surface area contributed by atoms with Crippen LogP contribution in [0.5, 0.6) is 0 Å². The van der Waals surface area contributed by atoms with Crippen molar-refractivity contribution in [2.45, 2.75) is 30.6 Å². The quantitative estimate of drug-likeness (QED) is 0.671. The molecule has 1 atom stereocenters. The number of benzene rings is 1. The Morgan fingerprint density at radius 3 is 2.85 bits per heavy atom. The van der Waals surface area contributed by atoms with Gasteiger partial charge in [0.15, 0.2) is 0 Å². The van der Waals surface area contributed by atoms with E-state index in [1.54, 1.807) is 0 Å². The van der Waals surface area contributed by atoms with Gasteiger partial charge in [-0.05, 0) is 50.3 Å². The van der Waals surface area contributed by atoms with Crippen LogP contribution in [0.25, 0.3) is 0 Å². The Balaban J connectivity index is 1.48. The van der Waals surface area contributed by atoms with E-state index in [-0.39, 0.29) is 24.3 Å². The molecule has 1 aliphatic heterocycles. The third-order valence-corrected chi connectivity index (χ3v) is 5.90. The number of hydrogen-bond donors (Lipinski definition) is 2. The summed E-state index contributed by atoms with van der Waals surface area (Å²) in [6, 6.07) is 9.62. The number of nitrogens with zero attached hydrogens (tertiary/aromatic N) is 2. The van der Waals surface area contributed by atoms with Gasteiger partial charge in [-0.1, -0.05) is 12.1 Å². The van der Waals surface area contributed by atoms with Gasteiger partial charge < -0.3 is 10.6 Å². The van der Waals surface area contributed by atoms with Crippen LogP contribution in [0.2, 0.25) is 0 Å². The number of para-hydroxylation sites is 1. The summed E-state index contributed by atoms with van der Waals surface area (Å²) >= 11 is 1.41. The Morgan fingerprint density at radius 2 is 2.07 bits per heavy atom. The van der Waals surface area contributed by atoms with E-state index in [1.807, 2.05) is 24.3 Å². The normalized spacial score (nSPS) is 19.9. The number of nitrogens with one attached hydrogen (secondary N) is 2. The predicted molar refractivity (Wildman–Crippen MR) is 106 cm³/mol. The van der Waals surface area contributed by atoms with Crippen molar-refractivity contribution in [3.05, 3.63) is 24.3 Å². The molecule has 2 amide bonds. The molecule has 1 saturated heterocycles. The van der Waals surface area contributed by atoms with E-state index in [9.17, 15) is 9.59 Å². The molecule has 0 radical (unpaired) electrons. The second-order valence-electron chi connectivity index (χ2n) is 7.25. The molecule has 7 heteroatoms. The molecule has 1 aromatic rings. The largest absolute Gasteiger partial charge is 0.356 e. The van der Waals surface area contributed by atoms with Crippen LogP contribution in [0.1, 0.15) is 25.7 Å². The van der Waals surface area contributed by atoms with E-state index >= 15 is 0 Å². The molecule has 27 heavy (non-hydrogen) atoms. The molecule has 1 saturated carbocycles. The molecule has 2 fully saturated rings. The standard InChI is InChI=1S/C20H26N4O2S/c21-9-11-27-18-6-2-1-5-17(18)23-19(25)14-24-10-3-4-16(13-24)20(26)22-12-15-7-8-15/h1-2,5-6,15-16H,3-4,7-8,10-14H2,(H,22,26)(H,23,25). The molecular weight excluding hydrogens is 360 g/mol. The highest BCUT2D eigenvalue weighted by atomic mass is 32.2. The molecular formula is C20H26N4O2S. The molecule has 0 spiro atoms. The smallest absolute Gasteiger partial charge is 0.238 e. The van der Waals surface area contributed by atoms with Crippen LogP contribution in [-0.2, 0) is 9.59 Å². The third-order valence-electron chi connectivity index (χ3n) is 4.96. The average molecular weight is 387 g/mol. The highest BCUT2D eigenvalue weighted by Gasteiger charge is 2.28. The number of anilines is 1. The summed E-state index contributed by atoms with van der Waals surface area (Å²) < 4.78 is 0. The maximum atomic E-state index is 12.5. The molecule has 0 aromatic heterocycles. The molecule has 1 aliphatic carbocycles. The van der Waals surface area contributed by atoms with Crippen molar-refractivity contribution in [3.63, 3.8) is 0 Å². The SMILES string of the molecule is N#CCSc1ccccc1NC(=O)CN1CCCC(C(=O)NCC2CC2)C1. The van der Waals surface area contributed by atoms with E-state index in [0.29, 0.717) is 18.2 Å². The van der Waals surface area contributed by atoms with Crippen LogP contribution in [-0.4, -0.2) is 48.6 Å². The zero-order valence-corrected chi connectivity index (χ0v) is 16.3. The molecule has 1 aromatic carbocycles. The number of likely N-dealkylation sites (tertiary alicyclic amines) is 1. The molecule has 6 nitrogen and oxygen atoms in total. The van der Waals surface area contributed by atoms with Crippen molar-refractivity contribution in [2.24, 2.45) is 11.8 Å². The Morgan fingerprint density at radius 1 is 1.26 bits per heavy atom. The van der Waals surface area contributed by atoms with Crippen molar-refractivity contribution < 1.29 is 9.59 Å². The van der Waals surface area contributed by atoms with Crippen molar-refractivity contribution in [1.82, 2.24) is 10.2 Å². The van der Waals surface area contributed by atoms with E-state index < -0.39 is 0 Å². The highest BCUT2D eigenvalue weighted by molar-refractivity contribution is 7.99. The van der Waals surface area contributed by atoms with Crippen molar-refractivity contribution >= 4 is 29.3 Å². The lowest BCUT2D eigenvalue weighted by atomic mass is 9.97. The number of nitriles is 1. The topological polar surface area (TPSA) is 85.2 Å². The van der Waals surface area contributed by atoms with Gasteiger partial charge in [-0.2, -0.15) is 5.26 Å². The van der Waals surface area contributed by atoms with E-state index in [0.717, 1.165) is 36.5 Å². The van der Waals surface area contributed by atoms with Gasteiger partial charge in [0.1, 0.15) is 0 Å². The average Bonchev–Trinajstić information content (AvgIpc) is 3.50. The first-order chi connectivity index (χ1) is 13.2. The third kappa shape index (κ3) is 6.26. The van der Waals surface area contributed by atoms with Gasteiger partial charge in [0.2, 0.25) is 11.8 Å². The summed E-state index contributed by atoms with van der Waals surface area (Å²) in [5, 5.41) is 14.8. The number of hydrogen-bond acceptors (Lipinski definition) is 5. The minimum atomic E-state index is -0.0842. The fourth-order valence-corrected chi connectivity index (χ4v) is 3.99. The molecule has 3 rings (SSSR count). The van der Waals surface area contributed by atoms with Crippen LogP contribution < -0.4 is 10.6 Å². The number of carbonyl (C=O) groups is 2. The van der Waals surface area contributed by atoms with Gasteiger partial charge in [0.25, 0.3) is 0 Å². The van der Waals surface area contributed by atoms with Gasteiger partial charge in [-0.15, -0.1) is 11.8 Å². The van der Waals surface area contributed by atoms with Gasteiger partial charge in [-0.3, -0.25) is 14.5 Å². The summed E-state index contributed by atoms with van der Waals surface area (Å²) in [6.45, 7) is 2.55. The van der Waals surface area contributed by atoms with Crippen molar-refractivity contribution in [2.75, 3.05) is 37.2 Å². The highest BCUT2D eigenvalue weighted by Crippen LogP contribution is 2.28. The minimum Gasteiger partial charge on any atom is -0.356 e. The zero-order chi connectivity index (χ0) is 19.1. The van der Waals surface area contributed by atoms with Crippen LogP contribution >= 0.6 is 11.8 Å². The summed E-state index contributed by atoms with van der Waals surface area (Å²) in [6.07, 6.45) is 4.28. The lowest BCUT2D eigenvalue weighted by Crippen LogP contribution is -2.45. The fourth-order valence-electron chi connectivity index (χ4n) is 3.32. The summed E-state index contributed by atoms with van der Waals surface area (Å²) in [4.78, 5) is 27.8. The number of piperidine rings is 1. The minimum absolute atomic E-state index is 0.0243. The first-order valence-electron chi connectivity index (χ1n) is 9.54. The monoisotopic (exact) mass is 386 g/mol. The lowest BCUT2D eigenvalue weighted by molar-refractivity contribution is -0.128. The Hall–Kier alpha value is -2.04. The number of amides is 2. The van der Waals surface area contributed by atoms with Crippen LogP contribution in [0.15, 0.2) is 29.2 Å². The number of carbonyl (C=O) groups excluding carboxylic acids is 2. The van der Waals surface area contributed by atoms with E-state index in [4.69, 9.17) is 5.26 Å². The fraction of sp³-hybridized carbons (Fsp3) is 0.550. The molecule has 2 aliphatic rings.